The molecule has 0 radical (unpaired) electrons. The summed E-state index contributed by atoms with van der Waals surface area (Å²) in [6.45, 7) is 7.11. The van der Waals surface area contributed by atoms with Gasteiger partial charge in [0.05, 0.1) is 4.90 Å². The molecule has 0 spiro atoms. The number of hydrogen-bond acceptors (Lipinski definition) is 3. The SMILES string of the molecule is CCCN(CCC)C1CCc2cc(CNS(=O)(=O)c3ccc(Cl)cc3)ccc2C1. The van der Waals surface area contributed by atoms with Gasteiger partial charge in [-0.05, 0) is 86.1 Å². The number of nitrogens with one attached hydrogen (secondary N) is 1. The van der Waals surface area contributed by atoms with E-state index in [-0.39, 0.29) is 4.90 Å². The van der Waals surface area contributed by atoms with Crippen molar-refractivity contribution >= 4 is 21.6 Å². The van der Waals surface area contributed by atoms with Crippen LogP contribution in [0.4, 0.5) is 0 Å². The Hall–Kier alpha value is -1.40. The molecule has 0 amide bonds. The van der Waals surface area contributed by atoms with Crippen LogP contribution in [0, 0.1) is 0 Å². The standard InChI is InChI=1S/C23H31ClN2O2S/c1-3-13-26(14-4-2)22-10-7-19-15-18(5-6-20(19)16-22)17-25-29(27,28)23-11-8-21(24)9-12-23/h5-6,8-9,11-12,15,22,25H,3-4,7,10,13-14,16-17H2,1-2H3. The van der Waals surface area contributed by atoms with E-state index < -0.39 is 10.0 Å². The van der Waals surface area contributed by atoms with Crippen LogP contribution in [0.25, 0.3) is 0 Å². The third-order valence-electron chi connectivity index (χ3n) is 5.60. The van der Waals surface area contributed by atoms with Crippen LogP contribution in [0.2, 0.25) is 5.02 Å². The third-order valence-corrected chi connectivity index (χ3v) is 7.27. The van der Waals surface area contributed by atoms with Crippen LogP contribution in [-0.2, 0) is 29.4 Å². The van der Waals surface area contributed by atoms with Gasteiger partial charge >= 0.3 is 0 Å². The average molecular weight is 435 g/mol. The lowest BCUT2D eigenvalue weighted by molar-refractivity contribution is 0.180. The summed E-state index contributed by atoms with van der Waals surface area (Å²) in [6.07, 6.45) is 5.70. The first kappa shape index (κ1) is 22.3. The fraction of sp³-hybridized carbons (Fsp3) is 0.478. The summed E-state index contributed by atoms with van der Waals surface area (Å²) in [6, 6.07) is 13.2. The van der Waals surface area contributed by atoms with Gasteiger partial charge in [-0.1, -0.05) is 43.6 Å². The highest BCUT2D eigenvalue weighted by atomic mass is 35.5. The van der Waals surface area contributed by atoms with Crippen molar-refractivity contribution in [1.82, 2.24) is 9.62 Å². The second-order valence-corrected chi connectivity index (χ2v) is 10.0. The Morgan fingerprint density at radius 3 is 2.38 bits per heavy atom. The smallest absolute Gasteiger partial charge is 0.240 e. The van der Waals surface area contributed by atoms with E-state index in [9.17, 15) is 8.42 Å². The van der Waals surface area contributed by atoms with Crippen molar-refractivity contribution in [3.05, 3.63) is 64.2 Å². The summed E-state index contributed by atoms with van der Waals surface area (Å²) in [5.41, 5.74) is 3.76. The molecule has 6 heteroatoms. The molecule has 0 heterocycles. The first-order valence-corrected chi connectivity index (χ1v) is 12.4. The van der Waals surface area contributed by atoms with Crippen LogP contribution >= 0.6 is 11.6 Å². The summed E-state index contributed by atoms with van der Waals surface area (Å²) < 4.78 is 27.7. The molecule has 3 rings (SSSR count). The zero-order valence-corrected chi connectivity index (χ0v) is 18.9. The first-order chi connectivity index (χ1) is 13.9. The topological polar surface area (TPSA) is 49.4 Å². The molecule has 2 aromatic rings. The quantitative estimate of drug-likeness (QED) is 0.616. The molecule has 0 saturated carbocycles. The zero-order valence-electron chi connectivity index (χ0n) is 17.3. The fourth-order valence-electron chi connectivity index (χ4n) is 4.14. The van der Waals surface area contributed by atoms with Crippen LogP contribution in [-0.4, -0.2) is 32.4 Å². The second-order valence-electron chi connectivity index (χ2n) is 7.81. The van der Waals surface area contributed by atoms with Gasteiger partial charge in [-0.2, -0.15) is 0 Å². The molecule has 1 aliphatic rings. The molecule has 1 aliphatic carbocycles. The first-order valence-electron chi connectivity index (χ1n) is 10.5. The molecule has 0 fully saturated rings. The van der Waals surface area contributed by atoms with Crippen LogP contribution in [0.3, 0.4) is 0 Å². The molecule has 0 aromatic heterocycles. The Balaban J connectivity index is 1.65. The van der Waals surface area contributed by atoms with Crippen molar-refractivity contribution in [2.75, 3.05) is 13.1 Å². The maximum atomic E-state index is 12.5. The molecule has 1 N–H and O–H groups in total. The van der Waals surface area contributed by atoms with Crippen LogP contribution in [0.1, 0.15) is 49.8 Å². The Labute approximate surface area is 180 Å². The van der Waals surface area contributed by atoms with Gasteiger partial charge in [0.15, 0.2) is 0 Å². The maximum absolute atomic E-state index is 12.5. The number of fused-ring (bicyclic) bond motifs is 1. The van der Waals surface area contributed by atoms with Gasteiger partial charge in [-0.3, -0.25) is 0 Å². The summed E-state index contributed by atoms with van der Waals surface area (Å²) >= 11 is 5.85. The largest absolute Gasteiger partial charge is 0.300 e. The Kier molecular flexibility index (Phi) is 7.74. The predicted molar refractivity (Wildman–Crippen MR) is 120 cm³/mol. The number of halogens is 1. The molecule has 0 aliphatic heterocycles. The molecular weight excluding hydrogens is 404 g/mol. The van der Waals surface area contributed by atoms with Crippen molar-refractivity contribution in [3.63, 3.8) is 0 Å². The fourth-order valence-corrected chi connectivity index (χ4v) is 5.28. The molecule has 29 heavy (non-hydrogen) atoms. The van der Waals surface area contributed by atoms with Crippen LogP contribution in [0.15, 0.2) is 47.4 Å². The Morgan fingerprint density at radius 2 is 1.72 bits per heavy atom. The van der Waals surface area contributed by atoms with E-state index in [0.29, 0.717) is 17.6 Å². The minimum Gasteiger partial charge on any atom is -0.300 e. The lowest BCUT2D eigenvalue weighted by Gasteiger charge is -2.35. The molecule has 4 nitrogen and oxygen atoms in total. The van der Waals surface area contributed by atoms with Crippen molar-refractivity contribution in [3.8, 4) is 0 Å². The second kappa shape index (κ2) is 10.1. The number of rotatable bonds is 9. The number of aryl methyl sites for hydroxylation is 1. The molecule has 158 valence electrons. The molecule has 0 saturated heterocycles. The summed E-state index contributed by atoms with van der Waals surface area (Å²) in [4.78, 5) is 2.87. The molecule has 2 aromatic carbocycles. The normalized spacial score (nSPS) is 16.8. The zero-order chi connectivity index (χ0) is 20.9. The number of benzene rings is 2. The average Bonchev–Trinajstić information content (AvgIpc) is 2.72. The van der Waals surface area contributed by atoms with Gasteiger partial charge in [0, 0.05) is 17.6 Å². The highest BCUT2D eigenvalue weighted by molar-refractivity contribution is 7.89. The van der Waals surface area contributed by atoms with Crippen molar-refractivity contribution in [1.29, 1.82) is 0 Å². The lowest BCUT2D eigenvalue weighted by Crippen LogP contribution is -2.40. The summed E-state index contributed by atoms with van der Waals surface area (Å²) in [5, 5.41) is 0.522. The van der Waals surface area contributed by atoms with Gasteiger partial charge in [-0.15, -0.1) is 0 Å². The molecule has 1 unspecified atom stereocenters. The van der Waals surface area contributed by atoms with E-state index in [4.69, 9.17) is 11.6 Å². The van der Waals surface area contributed by atoms with Crippen molar-refractivity contribution in [2.24, 2.45) is 0 Å². The van der Waals surface area contributed by atoms with Crippen LogP contribution in [0.5, 0.6) is 0 Å². The van der Waals surface area contributed by atoms with Gasteiger partial charge in [0.1, 0.15) is 0 Å². The molecule has 1 atom stereocenters. The number of hydrogen-bond donors (Lipinski definition) is 1. The molecule has 0 bridgehead atoms. The minimum atomic E-state index is -3.54. The van der Waals surface area contributed by atoms with E-state index in [0.717, 1.165) is 18.4 Å². The highest BCUT2D eigenvalue weighted by Gasteiger charge is 2.23. The highest BCUT2D eigenvalue weighted by Crippen LogP contribution is 2.26. The van der Waals surface area contributed by atoms with Gasteiger partial charge in [-0.25, -0.2) is 13.1 Å². The van der Waals surface area contributed by atoms with Gasteiger partial charge in [0.25, 0.3) is 0 Å². The Bertz CT molecular complexity index is 907. The van der Waals surface area contributed by atoms with Gasteiger partial charge in [0.2, 0.25) is 10.0 Å². The summed E-state index contributed by atoms with van der Waals surface area (Å²) in [7, 11) is -3.54. The van der Waals surface area contributed by atoms with E-state index in [1.807, 2.05) is 0 Å². The van der Waals surface area contributed by atoms with Gasteiger partial charge < -0.3 is 4.90 Å². The monoisotopic (exact) mass is 434 g/mol. The molecular formula is C23H31ClN2O2S. The lowest BCUT2D eigenvalue weighted by atomic mass is 9.86. The number of nitrogens with zero attached hydrogens (tertiary/aromatic N) is 1. The van der Waals surface area contributed by atoms with E-state index >= 15 is 0 Å². The van der Waals surface area contributed by atoms with E-state index in [1.54, 1.807) is 12.1 Å². The van der Waals surface area contributed by atoms with E-state index in [2.05, 4.69) is 41.7 Å². The summed E-state index contributed by atoms with van der Waals surface area (Å²) in [5.74, 6) is 0. The van der Waals surface area contributed by atoms with E-state index in [1.165, 1.54) is 55.6 Å². The maximum Gasteiger partial charge on any atom is 0.240 e. The van der Waals surface area contributed by atoms with Crippen LogP contribution < -0.4 is 4.72 Å². The van der Waals surface area contributed by atoms with Crippen molar-refractivity contribution in [2.45, 2.75) is 63.4 Å². The minimum absolute atomic E-state index is 0.231. The van der Waals surface area contributed by atoms with Crippen molar-refractivity contribution < 1.29 is 8.42 Å². The predicted octanol–water partition coefficient (Wildman–Crippen LogP) is 4.80. The number of sulfonamides is 1. The Morgan fingerprint density at radius 1 is 1.03 bits per heavy atom. The third kappa shape index (κ3) is 5.82.